The summed E-state index contributed by atoms with van der Waals surface area (Å²) in [6, 6.07) is 3.48. The van der Waals surface area contributed by atoms with Crippen molar-refractivity contribution in [3.8, 4) is 0 Å². The van der Waals surface area contributed by atoms with E-state index in [1.807, 2.05) is 0 Å². The van der Waals surface area contributed by atoms with Crippen molar-refractivity contribution in [2.75, 3.05) is 0 Å². The summed E-state index contributed by atoms with van der Waals surface area (Å²) < 4.78 is 7.19. The smallest absolute Gasteiger partial charge is 0.355 e. The molecule has 0 amide bonds. The first-order valence-corrected chi connectivity index (χ1v) is 9.62. The first kappa shape index (κ1) is 17.0. The van der Waals surface area contributed by atoms with Gasteiger partial charge in [0.15, 0.2) is 11.9 Å². The van der Waals surface area contributed by atoms with Gasteiger partial charge in [0.25, 0.3) is 5.56 Å². The third-order valence-electron chi connectivity index (χ3n) is 5.01. The maximum Gasteiger partial charge on any atom is 0.355 e. The number of rotatable bonds is 3. The monoisotopic (exact) mass is 371 g/mol. The largest absolute Gasteiger partial charge is 0.450 e. The molecule has 0 radical (unpaired) electrons. The van der Waals surface area contributed by atoms with Gasteiger partial charge >= 0.3 is 5.97 Å². The topological polar surface area (TPSA) is 77.0 Å². The van der Waals surface area contributed by atoms with Crippen LogP contribution in [0.1, 0.15) is 53.1 Å². The van der Waals surface area contributed by atoms with Gasteiger partial charge in [-0.2, -0.15) is 0 Å². The summed E-state index contributed by atoms with van der Waals surface area (Å²) in [5.41, 5.74) is 1.47. The van der Waals surface area contributed by atoms with Crippen molar-refractivity contribution in [2.24, 2.45) is 13.0 Å². The molecular formula is C19H21N3O3S. The number of thiophene rings is 1. The van der Waals surface area contributed by atoms with Crippen LogP contribution in [0.2, 0.25) is 0 Å². The summed E-state index contributed by atoms with van der Waals surface area (Å²) in [6.45, 7) is 3.96. The lowest BCUT2D eigenvalue weighted by atomic mass is 9.89. The molecule has 4 rings (SSSR count). The Bertz CT molecular complexity index is 1050. The third kappa shape index (κ3) is 2.86. The molecule has 6 nitrogen and oxygen atoms in total. The van der Waals surface area contributed by atoms with Crippen LogP contribution in [-0.4, -0.2) is 20.5 Å². The van der Waals surface area contributed by atoms with Crippen molar-refractivity contribution in [3.63, 3.8) is 0 Å². The standard InChI is InChI=1S/C19H21N3O3S/c1-10-6-7-12-14(9-10)26-18-15(12)17(23)20-16(21-18)11(2)25-19(24)13-5-4-8-22(13)3/h4-5,8,10-11H,6-7,9H2,1-3H3,(H,20,21,23)/t10-,11+/m0/s1. The molecule has 3 aromatic heterocycles. The Hall–Kier alpha value is -2.41. The van der Waals surface area contributed by atoms with Gasteiger partial charge in [0.1, 0.15) is 10.5 Å². The molecule has 0 aliphatic heterocycles. The molecule has 136 valence electrons. The fourth-order valence-corrected chi connectivity index (χ4v) is 4.90. The molecule has 7 heteroatoms. The van der Waals surface area contributed by atoms with Crippen LogP contribution in [0.4, 0.5) is 0 Å². The summed E-state index contributed by atoms with van der Waals surface area (Å²) >= 11 is 1.59. The molecule has 0 bridgehead atoms. The van der Waals surface area contributed by atoms with Gasteiger partial charge in [0, 0.05) is 18.1 Å². The van der Waals surface area contributed by atoms with Crippen molar-refractivity contribution < 1.29 is 9.53 Å². The van der Waals surface area contributed by atoms with E-state index < -0.39 is 12.1 Å². The minimum atomic E-state index is -0.632. The Labute approximate surface area is 154 Å². The average Bonchev–Trinajstić information content (AvgIpc) is 3.17. The Kier molecular flexibility index (Phi) is 4.19. The second kappa shape index (κ2) is 6.39. The van der Waals surface area contributed by atoms with Crippen LogP contribution in [0, 0.1) is 5.92 Å². The second-order valence-electron chi connectivity index (χ2n) is 7.03. The molecule has 0 spiro atoms. The number of aromatic amines is 1. The zero-order valence-corrected chi connectivity index (χ0v) is 15.9. The molecule has 26 heavy (non-hydrogen) atoms. The number of hydrogen-bond acceptors (Lipinski definition) is 5. The Morgan fingerprint density at radius 3 is 3.04 bits per heavy atom. The molecule has 0 saturated heterocycles. The number of hydrogen-bond donors (Lipinski definition) is 1. The lowest BCUT2D eigenvalue weighted by molar-refractivity contribution is 0.0309. The molecule has 1 aliphatic carbocycles. The molecule has 0 unspecified atom stereocenters. The van der Waals surface area contributed by atoms with Crippen LogP contribution in [-0.2, 0) is 24.6 Å². The van der Waals surface area contributed by atoms with Gasteiger partial charge in [-0.25, -0.2) is 9.78 Å². The summed E-state index contributed by atoms with van der Waals surface area (Å²) in [5, 5.41) is 0.710. The molecule has 2 atom stereocenters. The number of carbonyl (C=O) groups excluding carboxylic acids is 1. The number of aryl methyl sites for hydroxylation is 2. The summed E-state index contributed by atoms with van der Waals surface area (Å²) in [7, 11) is 1.78. The van der Waals surface area contributed by atoms with Crippen LogP contribution >= 0.6 is 11.3 Å². The van der Waals surface area contributed by atoms with Gasteiger partial charge in [-0.05, 0) is 49.8 Å². The van der Waals surface area contributed by atoms with Gasteiger partial charge in [0.2, 0.25) is 0 Å². The fraction of sp³-hybridized carbons (Fsp3) is 0.421. The Morgan fingerprint density at radius 2 is 2.31 bits per heavy atom. The molecule has 0 aromatic carbocycles. The van der Waals surface area contributed by atoms with Gasteiger partial charge in [-0.15, -0.1) is 11.3 Å². The number of nitrogens with zero attached hydrogens (tertiary/aromatic N) is 2. The zero-order valence-electron chi connectivity index (χ0n) is 15.0. The highest BCUT2D eigenvalue weighted by molar-refractivity contribution is 7.18. The lowest BCUT2D eigenvalue weighted by Gasteiger charge is -2.17. The maximum atomic E-state index is 12.7. The third-order valence-corrected chi connectivity index (χ3v) is 6.15. The SMILES string of the molecule is C[C@H]1CCc2c(sc3nc([C@@H](C)OC(=O)c4cccn4C)[nH]c(=O)c23)C1. The minimum absolute atomic E-state index is 0.140. The quantitative estimate of drug-likeness (QED) is 0.716. The number of nitrogens with one attached hydrogen (secondary N) is 1. The van der Waals surface area contributed by atoms with E-state index in [1.54, 1.807) is 48.2 Å². The molecule has 0 fully saturated rings. The number of ether oxygens (including phenoxy) is 1. The Morgan fingerprint density at radius 1 is 1.50 bits per heavy atom. The highest BCUT2D eigenvalue weighted by Gasteiger charge is 2.24. The van der Waals surface area contributed by atoms with Gasteiger partial charge in [-0.3, -0.25) is 4.79 Å². The molecule has 1 aliphatic rings. The Balaban J connectivity index is 1.66. The normalized spacial score (nSPS) is 17.9. The summed E-state index contributed by atoms with van der Waals surface area (Å²) in [6.07, 6.45) is 4.18. The van der Waals surface area contributed by atoms with Crippen LogP contribution in [0.3, 0.4) is 0 Å². The number of fused-ring (bicyclic) bond motifs is 3. The molecule has 3 aromatic rings. The van der Waals surface area contributed by atoms with Crippen LogP contribution in [0.5, 0.6) is 0 Å². The first-order valence-electron chi connectivity index (χ1n) is 8.80. The highest BCUT2D eigenvalue weighted by Crippen LogP contribution is 2.36. The predicted molar refractivity (Wildman–Crippen MR) is 101 cm³/mol. The lowest BCUT2D eigenvalue weighted by Crippen LogP contribution is -2.19. The van der Waals surface area contributed by atoms with Gasteiger partial charge in [0.05, 0.1) is 5.39 Å². The van der Waals surface area contributed by atoms with E-state index in [9.17, 15) is 9.59 Å². The zero-order chi connectivity index (χ0) is 18.4. The number of carbonyl (C=O) groups is 1. The molecule has 0 saturated carbocycles. The van der Waals surface area contributed by atoms with E-state index in [0.29, 0.717) is 22.8 Å². The van der Waals surface area contributed by atoms with E-state index >= 15 is 0 Å². The van der Waals surface area contributed by atoms with E-state index in [1.165, 1.54) is 4.88 Å². The van der Waals surface area contributed by atoms with Crippen LogP contribution in [0.15, 0.2) is 23.1 Å². The predicted octanol–water partition coefficient (Wildman–Crippen LogP) is 3.37. The number of esters is 1. The number of H-pyrrole nitrogens is 1. The van der Waals surface area contributed by atoms with Crippen molar-refractivity contribution in [1.82, 2.24) is 14.5 Å². The summed E-state index contributed by atoms with van der Waals surface area (Å²) in [4.78, 5) is 34.4. The van der Waals surface area contributed by atoms with Crippen LogP contribution in [0.25, 0.3) is 10.2 Å². The molecule has 3 heterocycles. The van der Waals surface area contributed by atoms with Crippen molar-refractivity contribution in [2.45, 2.75) is 39.2 Å². The fourth-order valence-electron chi connectivity index (χ4n) is 3.51. The van der Waals surface area contributed by atoms with Crippen LogP contribution < -0.4 is 5.56 Å². The summed E-state index contributed by atoms with van der Waals surface area (Å²) in [5.74, 6) is 0.586. The van der Waals surface area contributed by atoms with Crippen molar-refractivity contribution >= 4 is 27.5 Å². The van der Waals surface area contributed by atoms with Crippen molar-refractivity contribution in [1.29, 1.82) is 0 Å². The number of aromatic nitrogens is 3. The average molecular weight is 371 g/mol. The first-order chi connectivity index (χ1) is 12.4. The van der Waals surface area contributed by atoms with E-state index in [-0.39, 0.29) is 5.56 Å². The van der Waals surface area contributed by atoms with E-state index in [0.717, 1.165) is 29.7 Å². The van der Waals surface area contributed by atoms with E-state index in [4.69, 9.17) is 4.74 Å². The van der Waals surface area contributed by atoms with Gasteiger partial charge < -0.3 is 14.3 Å². The highest BCUT2D eigenvalue weighted by atomic mass is 32.1. The van der Waals surface area contributed by atoms with E-state index in [2.05, 4.69) is 16.9 Å². The van der Waals surface area contributed by atoms with Gasteiger partial charge in [-0.1, -0.05) is 6.92 Å². The molecular weight excluding hydrogens is 350 g/mol. The second-order valence-corrected chi connectivity index (χ2v) is 8.12. The molecule has 1 N–H and O–H groups in total. The van der Waals surface area contributed by atoms with Crippen molar-refractivity contribution in [3.05, 3.63) is 50.6 Å². The minimum Gasteiger partial charge on any atom is -0.450 e. The maximum absolute atomic E-state index is 12.7.